The number of hydrogen-bond donors (Lipinski definition) is 2. The van der Waals surface area contributed by atoms with Gasteiger partial charge in [-0.1, -0.05) is 6.92 Å². The first-order valence-corrected chi connectivity index (χ1v) is 7.79. The molecule has 1 aliphatic rings. The fourth-order valence-corrected chi connectivity index (χ4v) is 3.22. The maximum atomic E-state index is 13.3. The molecule has 1 aromatic carbocycles. The van der Waals surface area contributed by atoms with Crippen molar-refractivity contribution in [2.45, 2.75) is 45.3 Å². The standard InChI is InChI=1S/C17H23FN2O/c1-3-14-9-13(10-21-14)19-7-6-15-11(2)20-17-8-12(18)4-5-16(15)17/h4-5,8,13-14,19-20H,3,6-7,9-10H2,1-2H3. The predicted molar refractivity (Wildman–Crippen MR) is 83.1 cm³/mol. The van der Waals surface area contributed by atoms with Crippen molar-refractivity contribution in [2.24, 2.45) is 0 Å². The van der Waals surface area contributed by atoms with Gasteiger partial charge in [-0.05, 0) is 56.5 Å². The summed E-state index contributed by atoms with van der Waals surface area (Å²) in [6.45, 7) is 5.97. The third kappa shape index (κ3) is 3.11. The van der Waals surface area contributed by atoms with E-state index in [0.29, 0.717) is 12.1 Å². The van der Waals surface area contributed by atoms with Crippen molar-refractivity contribution < 1.29 is 9.13 Å². The number of rotatable bonds is 5. The van der Waals surface area contributed by atoms with E-state index in [9.17, 15) is 4.39 Å². The van der Waals surface area contributed by atoms with Gasteiger partial charge in [-0.2, -0.15) is 0 Å². The molecule has 1 fully saturated rings. The van der Waals surface area contributed by atoms with E-state index < -0.39 is 0 Å². The lowest BCUT2D eigenvalue weighted by Gasteiger charge is -2.11. The van der Waals surface area contributed by atoms with Crippen LogP contribution in [0.1, 0.15) is 31.0 Å². The van der Waals surface area contributed by atoms with Gasteiger partial charge >= 0.3 is 0 Å². The number of hydrogen-bond acceptors (Lipinski definition) is 2. The average Bonchev–Trinajstić information content (AvgIpc) is 3.03. The zero-order chi connectivity index (χ0) is 14.8. The average molecular weight is 290 g/mol. The number of aryl methyl sites for hydroxylation is 1. The minimum Gasteiger partial charge on any atom is -0.377 e. The summed E-state index contributed by atoms with van der Waals surface area (Å²) in [5, 5.41) is 4.70. The highest BCUT2D eigenvalue weighted by atomic mass is 19.1. The molecule has 1 aliphatic heterocycles. The highest BCUT2D eigenvalue weighted by molar-refractivity contribution is 5.84. The van der Waals surface area contributed by atoms with Crippen LogP contribution in [0.3, 0.4) is 0 Å². The van der Waals surface area contributed by atoms with Crippen LogP contribution in [-0.2, 0) is 11.2 Å². The fourth-order valence-electron chi connectivity index (χ4n) is 3.22. The van der Waals surface area contributed by atoms with Crippen LogP contribution in [0.25, 0.3) is 10.9 Å². The van der Waals surface area contributed by atoms with Crippen LogP contribution < -0.4 is 5.32 Å². The molecule has 2 N–H and O–H groups in total. The van der Waals surface area contributed by atoms with Crippen LogP contribution in [-0.4, -0.2) is 30.3 Å². The number of nitrogens with one attached hydrogen (secondary N) is 2. The zero-order valence-corrected chi connectivity index (χ0v) is 12.7. The molecule has 114 valence electrons. The molecule has 0 radical (unpaired) electrons. The maximum absolute atomic E-state index is 13.3. The highest BCUT2D eigenvalue weighted by Crippen LogP contribution is 2.23. The molecule has 3 nitrogen and oxygen atoms in total. The second kappa shape index (κ2) is 6.16. The topological polar surface area (TPSA) is 37.0 Å². The van der Waals surface area contributed by atoms with E-state index in [0.717, 1.165) is 49.0 Å². The van der Waals surface area contributed by atoms with Gasteiger partial charge in [-0.25, -0.2) is 4.39 Å². The second-order valence-electron chi connectivity index (χ2n) is 5.92. The first-order valence-electron chi connectivity index (χ1n) is 7.79. The van der Waals surface area contributed by atoms with E-state index in [2.05, 4.69) is 24.1 Å². The summed E-state index contributed by atoms with van der Waals surface area (Å²) in [5.74, 6) is -0.192. The van der Waals surface area contributed by atoms with Gasteiger partial charge in [0, 0.05) is 22.6 Å². The summed E-state index contributed by atoms with van der Waals surface area (Å²) >= 11 is 0. The lowest BCUT2D eigenvalue weighted by atomic mass is 10.1. The molecular formula is C17H23FN2O. The van der Waals surface area contributed by atoms with Gasteiger partial charge in [-0.3, -0.25) is 0 Å². The molecule has 1 aromatic heterocycles. The Kier molecular flexibility index (Phi) is 4.27. The Labute approximate surface area is 124 Å². The monoisotopic (exact) mass is 290 g/mol. The zero-order valence-electron chi connectivity index (χ0n) is 12.7. The fraction of sp³-hybridized carbons (Fsp3) is 0.529. The van der Waals surface area contributed by atoms with Crippen molar-refractivity contribution in [1.29, 1.82) is 0 Å². The number of H-pyrrole nitrogens is 1. The van der Waals surface area contributed by atoms with Crippen LogP contribution in [0, 0.1) is 12.7 Å². The number of benzene rings is 1. The summed E-state index contributed by atoms with van der Waals surface area (Å²) in [7, 11) is 0. The summed E-state index contributed by atoms with van der Waals surface area (Å²) < 4.78 is 19.0. The van der Waals surface area contributed by atoms with Crippen molar-refractivity contribution >= 4 is 10.9 Å². The third-order valence-corrected chi connectivity index (χ3v) is 4.43. The Morgan fingerprint density at radius 3 is 3.05 bits per heavy atom. The molecule has 0 spiro atoms. The van der Waals surface area contributed by atoms with Gasteiger partial charge in [0.1, 0.15) is 5.82 Å². The lowest BCUT2D eigenvalue weighted by molar-refractivity contribution is 0.105. The van der Waals surface area contributed by atoms with Gasteiger partial charge in [-0.15, -0.1) is 0 Å². The Balaban J connectivity index is 1.62. The molecule has 2 heterocycles. The van der Waals surface area contributed by atoms with Crippen LogP contribution in [0.5, 0.6) is 0 Å². The molecule has 21 heavy (non-hydrogen) atoms. The van der Waals surface area contributed by atoms with Gasteiger partial charge in [0.25, 0.3) is 0 Å². The van der Waals surface area contributed by atoms with Crippen LogP contribution in [0.2, 0.25) is 0 Å². The normalized spacial score (nSPS) is 22.2. The number of aromatic nitrogens is 1. The molecule has 0 saturated carbocycles. The van der Waals surface area contributed by atoms with Gasteiger partial charge in [0.2, 0.25) is 0 Å². The minimum atomic E-state index is -0.192. The van der Waals surface area contributed by atoms with Crippen molar-refractivity contribution in [3.8, 4) is 0 Å². The largest absolute Gasteiger partial charge is 0.377 e. The molecule has 2 unspecified atom stereocenters. The van der Waals surface area contributed by atoms with E-state index in [4.69, 9.17) is 4.74 Å². The van der Waals surface area contributed by atoms with Crippen molar-refractivity contribution in [2.75, 3.05) is 13.2 Å². The lowest BCUT2D eigenvalue weighted by Crippen LogP contribution is -2.31. The minimum absolute atomic E-state index is 0.192. The highest BCUT2D eigenvalue weighted by Gasteiger charge is 2.23. The van der Waals surface area contributed by atoms with E-state index in [1.807, 2.05) is 6.07 Å². The first kappa shape index (κ1) is 14.5. The van der Waals surface area contributed by atoms with Crippen LogP contribution in [0.15, 0.2) is 18.2 Å². The Bertz CT molecular complexity index is 623. The molecule has 3 rings (SSSR count). The van der Waals surface area contributed by atoms with Crippen LogP contribution >= 0.6 is 0 Å². The third-order valence-electron chi connectivity index (χ3n) is 4.43. The Morgan fingerprint density at radius 2 is 2.29 bits per heavy atom. The van der Waals surface area contributed by atoms with Crippen molar-refractivity contribution in [1.82, 2.24) is 10.3 Å². The molecule has 4 heteroatoms. The van der Waals surface area contributed by atoms with Gasteiger partial charge in [0.15, 0.2) is 0 Å². The molecule has 2 aromatic rings. The quantitative estimate of drug-likeness (QED) is 0.886. The number of halogens is 1. The molecule has 0 amide bonds. The summed E-state index contributed by atoms with van der Waals surface area (Å²) in [4.78, 5) is 3.27. The van der Waals surface area contributed by atoms with E-state index in [1.54, 1.807) is 6.07 Å². The van der Waals surface area contributed by atoms with E-state index >= 15 is 0 Å². The van der Waals surface area contributed by atoms with E-state index in [1.165, 1.54) is 11.6 Å². The van der Waals surface area contributed by atoms with Gasteiger partial charge in [0.05, 0.1) is 12.7 Å². The predicted octanol–water partition coefficient (Wildman–Crippen LogP) is 3.32. The number of aromatic amines is 1. The van der Waals surface area contributed by atoms with Crippen molar-refractivity contribution in [3.63, 3.8) is 0 Å². The molecular weight excluding hydrogens is 267 g/mol. The smallest absolute Gasteiger partial charge is 0.125 e. The van der Waals surface area contributed by atoms with Crippen molar-refractivity contribution in [3.05, 3.63) is 35.3 Å². The van der Waals surface area contributed by atoms with Gasteiger partial charge < -0.3 is 15.0 Å². The second-order valence-corrected chi connectivity index (χ2v) is 5.92. The Hall–Kier alpha value is -1.39. The summed E-state index contributed by atoms with van der Waals surface area (Å²) in [5.41, 5.74) is 3.30. The van der Waals surface area contributed by atoms with E-state index in [-0.39, 0.29) is 5.82 Å². The SMILES string of the molecule is CCC1CC(NCCc2c(C)[nH]c3cc(F)ccc23)CO1. The summed E-state index contributed by atoms with van der Waals surface area (Å²) in [6, 6.07) is 5.44. The molecule has 0 bridgehead atoms. The number of ether oxygens (including phenoxy) is 1. The maximum Gasteiger partial charge on any atom is 0.125 e. The molecule has 0 aliphatic carbocycles. The first-order chi connectivity index (χ1) is 10.2. The Morgan fingerprint density at radius 1 is 1.43 bits per heavy atom. The number of fused-ring (bicyclic) bond motifs is 1. The molecule has 2 atom stereocenters. The molecule has 1 saturated heterocycles. The van der Waals surface area contributed by atoms with Crippen LogP contribution in [0.4, 0.5) is 4.39 Å². The summed E-state index contributed by atoms with van der Waals surface area (Å²) in [6.07, 6.45) is 3.56.